The number of nitrogens with zero attached hydrogens (tertiary/aromatic N) is 1. The van der Waals surface area contributed by atoms with Gasteiger partial charge in [-0.2, -0.15) is 0 Å². The summed E-state index contributed by atoms with van der Waals surface area (Å²) >= 11 is 0. The van der Waals surface area contributed by atoms with Gasteiger partial charge in [0.15, 0.2) is 0 Å². The molecule has 1 saturated heterocycles. The van der Waals surface area contributed by atoms with E-state index in [0.717, 1.165) is 48.1 Å². The fourth-order valence-corrected chi connectivity index (χ4v) is 4.11. The maximum Gasteiger partial charge on any atom is 0.573 e. The first-order valence-electron chi connectivity index (χ1n) is 11.4. The molecule has 1 aliphatic heterocycles. The number of hydrogen-bond donors (Lipinski definition) is 4. The number of β-amino-alcohol motifs (C(OH)–C–C–N with tert-alkyl or cyclic N) is 1. The quantitative estimate of drug-likeness (QED) is 0.343. The summed E-state index contributed by atoms with van der Waals surface area (Å²) in [6.07, 6.45) is -1.66. The molecule has 3 aromatic rings. The van der Waals surface area contributed by atoms with E-state index >= 15 is 0 Å². The second-order valence-corrected chi connectivity index (χ2v) is 8.46. The third-order valence-electron chi connectivity index (χ3n) is 5.81. The monoisotopic (exact) mass is 524 g/mol. The Morgan fingerprint density at radius 2 is 1.68 bits per heavy atom. The number of aliphatic hydroxyl groups excluding tert-OH is 1. The van der Waals surface area contributed by atoms with Gasteiger partial charge in [0, 0.05) is 23.6 Å². The van der Waals surface area contributed by atoms with Crippen molar-refractivity contribution in [3.63, 3.8) is 0 Å². The number of ether oxygens (including phenoxy) is 2. The molecule has 1 aromatic heterocycles. The number of benzene rings is 2. The lowest BCUT2D eigenvalue weighted by Crippen LogP contribution is -2.40. The molecule has 2 heterocycles. The van der Waals surface area contributed by atoms with Crippen LogP contribution in [0.25, 0.3) is 10.9 Å². The fourth-order valence-electron chi connectivity index (χ4n) is 4.11. The van der Waals surface area contributed by atoms with Crippen LogP contribution < -0.4 is 9.47 Å². The lowest BCUT2D eigenvalue weighted by atomic mass is 9.89. The third kappa shape index (κ3) is 8.69. The highest BCUT2D eigenvalue weighted by atomic mass is 19.4. The average molecular weight is 524 g/mol. The molecule has 1 atom stereocenters. The summed E-state index contributed by atoms with van der Waals surface area (Å²) in [7, 11) is 0. The Labute approximate surface area is 210 Å². The summed E-state index contributed by atoms with van der Waals surface area (Å²) in [6, 6.07) is 13.8. The summed E-state index contributed by atoms with van der Waals surface area (Å²) in [5, 5.41) is 26.2. The van der Waals surface area contributed by atoms with Gasteiger partial charge in [0.1, 0.15) is 24.2 Å². The van der Waals surface area contributed by atoms with E-state index < -0.39 is 24.4 Å². The van der Waals surface area contributed by atoms with Crippen LogP contribution in [0.3, 0.4) is 0 Å². The maximum absolute atomic E-state index is 12.3. The third-order valence-corrected chi connectivity index (χ3v) is 5.81. The Kier molecular flexibility index (Phi) is 9.36. The Morgan fingerprint density at radius 3 is 2.27 bits per heavy atom. The van der Waals surface area contributed by atoms with E-state index in [9.17, 15) is 18.3 Å². The molecule has 200 valence electrons. The van der Waals surface area contributed by atoms with Crippen LogP contribution in [-0.2, 0) is 9.59 Å². The number of hydrogen-bond acceptors (Lipinski definition) is 6. The van der Waals surface area contributed by atoms with Crippen molar-refractivity contribution in [2.45, 2.75) is 31.2 Å². The molecule has 0 amide bonds. The highest BCUT2D eigenvalue weighted by molar-refractivity contribution is 6.27. The molecule has 9 nitrogen and oxygen atoms in total. The van der Waals surface area contributed by atoms with Gasteiger partial charge in [-0.15, -0.1) is 13.2 Å². The van der Waals surface area contributed by atoms with E-state index in [2.05, 4.69) is 14.6 Å². The molecule has 0 bridgehead atoms. The van der Waals surface area contributed by atoms with Crippen molar-refractivity contribution >= 4 is 22.8 Å². The Morgan fingerprint density at radius 1 is 1.03 bits per heavy atom. The lowest BCUT2D eigenvalue weighted by Gasteiger charge is -2.33. The van der Waals surface area contributed by atoms with Crippen LogP contribution in [-0.4, -0.2) is 75.8 Å². The fraction of sp³-hybridized carbons (Fsp3) is 0.360. The Bertz CT molecular complexity index is 1160. The zero-order valence-electron chi connectivity index (χ0n) is 19.6. The van der Waals surface area contributed by atoms with Crippen molar-refractivity contribution in [2.24, 2.45) is 0 Å². The number of piperidine rings is 1. The molecular formula is C25H27F3N2O7. The van der Waals surface area contributed by atoms with Crippen molar-refractivity contribution < 1.29 is 47.6 Å². The Hall–Kier alpha value is -3.77. The minimum Gasteiger partial charge on any atom is -0.490 e. The highest BCUT2D eigenvalue weighted by Gasteiger charge is 2.31. The van der Waals surface area contributed by atoms with Gasteiger partial charge >= 0.3 is 18.3 Å². The zero-order chi connectivity index (χ0) is 27.0. The topological polar surface area (TPSA) is 132 Å². The van der Waals surface area contributed by atoms with Crippen LogP contribution >= 0.6 is 0 Å². The number of carbonyl (C=O) groups is 2. The van der Waals surface area contributed by atoms with Crippen LogP contribution in [0.4, 0.5) is 13.2 Å². The first-order valence-corrected chi connectivity index (χ1v) is 11.4. The smallest absolute Gasteiger partial charge is 0.490 e. The minimum absolute atomic E-state index is 0.202. The molecule has 37 heavy (non-hydrogen) atoms. The van der Waals surface area contributed by atoms with Gasteiger partial charge in [-0.1, -0.05) is 18.2 Å². The standard InChI is InChI=1S/C23H25F3N2O3.C2H2O4/c24-23(25,26)31-19-6-4-16(5-7-19)17-9-12-28(13-10-17)14-18(29)15-30-22-3-1-2-21-20(22)8-11-27-21;3-1(4)2(5)6/h1-8,11,17-18,27,29H,9-10,12-15H2;(H,3,4)(H,5,6)/t18-;/m0./s1. The number of aromatic nitrogens is 1. The number of aliphatic hydroxyl groups is 1. The number of H-pyrrole nitrogens is 1. The maximum atomic E-state index is 12.3. The molecule has 2 aromatic carbocycles. The molecule has 4 rings (SSSR count). The minimum atomic E-state index is -4.68. The van der Waals surface area contributed by atoms with Gasteiger partial charge < -0.3 is 34.7 Å². The number of rotatable bonds is 7. The van der Waals surface area contributed by atoms with Crippen molar-refractivity contribution in [3.8, 4) is 11.5 Å². The number of aromatic amines is 1. The molecule has 0 spiro atoms. The SMILES string of the molecule is O=C(O)C(=O)O.O[C@H](COc1cccc2[nH]ccc12)CN1CCC(c2ccc(OC(F)(F)F)cc2)CC1. The number of fused-ring (bicyclic) bond motifs is 1. The predicted octanol–water partition coefficient (Wildman–Crippen LogP) is 3.84. The molecular weight excluding hydrogens is 497 g/mol. The summed E-state index contributed by atoms with van der Waals surface area (Å²) in [6.45, 7) is 2.37. The number of halogens is 3. The lowest BCUT2D eigenvalue weighted by molar-refractivity contribution is -0.274. The van der Waals surface area contributed by atoms with E-state index in [-0.39, 0.29) is 18.3 Å². The molecule has 1 aliphatic rings. The van der Waals surface area contributed by atoms with E-state index in [1.165, 1.54) is 12.1 Å². The number of aliphatic carboxylic acids is 2. The summed E-state index contributed by atoms with van der Waals surface area (Å²) < 4.78 is 46.6. The number of carboxylic acids is 2. The van der Waals surface area contributed by atoms with Crippen molar-refractivity contribution in [1.82, 2.24) is 9.88 Å². The number of nitrogens with one attached hydrogen (secondary N) is 1. The molecule has 4 N–H and O–H groups in total. The van der Waals surface area contributed by atoms with E-state index in [1.807, 2.05) is 30.5 Å². The van der Waals surface area contributed by atoms with Gasteiger partial charge in [0.25, 0.3) is 0 Å². The van der Waals surface area contributed by atoms with E-state index in [4.69, 9.17) is 24.5 Å². The Balaban J connectivity index is 0.000000568. The predicted molar refractivity (Wildman–Crippen MR) is 127 cm³/mol. The summed E-state index contributed by atoms with van der Waals surface area (Å²) in [5.41, 5.74) is 2.00. The molecule has 0 unspecified atom stereocenters. The van der Waals surface area contributed by atoms with Crippen molar-refractivity contribution in [3.05, 3.63) is 60.3 Å². The van der Waals surface area contributed by atoms with Crippen LogP contribution in [0.5, 0.6) is 11.5 Å². The van der Waals surface area contributed by atoms with Crippen molar-refractivity contribution in [2.75, 3.05) is 26.2 Å². The largest absolute Gasteiger partial charge is 0.573 e. The van der Waals surface area contributed by atoms with Gasteiger partial charge in [-0.3, -0.25) is 0 Å². The van der Waals surface area contributed by atoms with E-state index in [1.54, 1.807) is 12.1 Å². The second-order valence-electron chi connectivity index (χ2n) is 8.46. The van der Waals surface area contributed by atoms with Gasteiger partial charge in [-0.25, -0.2) is 9.59 Å². The molecule has 0 saturated carbocycles. The molecule has 0 aliphatic carbocycles. The van der Waals surface area contributed by atoms with Crippen LogP contribution in [0.1, 0.15) is 24.3 Å². The normalized spacial score (nSPS) is 15.5. The number of alkyl halides is 3. The first-order chi connectivity index (χ1) is 17.5. The van der Waals surface area contributed by atoms with Gasteiger partial charge in [0.05, 0.1) is 0 Å². The summed E-state index contributed by atoms with van der Waals surface area (Å²) in [4.78, 5) is 23.5. The molecule has 0 radical (unpaired) electrons. The number of likely N-dealkylation sites (tertiary alicyclic amines) is 1. The second kappa shape index (κ2) is 12.5. The van der Waals surface area contributed by atoms with Crippen LogP contribution in [0.2, 0.25) is 0 Å². The van der Waals surface area contributed by atoms with Crippen molar-refractivity contribution in [1.29, 1.82) is 0 Å². The average Bonchev–Trinajstić information content (AvgIpc) is 3.33. The van der Waals surface area contributed by atoms with Crippen LogP contribution in [0.15, 0.2) is 54.7 Å². The zero-order valence-corrected chi connectivity index (χ0v) is 19.6. The van der Waals surface area contributed by atoms with Gasteiger partial charge in [0.2, 0.25) is 0 Å². The first kappa shape index (κ1) is 27.8. The van der Waals surface area contributed by atoms with Gasteiger partial charge in [-0.05, 0) is 67.7 Å². The number of carboxylic acid groups (broad SMARTS) is 2. The summed E-state index contributed by atoms with van der Waals surface area (Å²) in [5.74, 6) is -2.82. The highest BCUT2D eigenvalue weighted by Crippen LogP contribution is 2.31. The van der Waals surface area contributed by atoms with E-state index in [0.29, 0.717) is 6.54 Å². The molecule has 12 heteroatoms. The molecule has 1 fully saturated rings. The van der Waals surface area contributed by atoms with Crippen LogP contribution in [0, 0.1) is 0 Å².